The van der Waals surface area contributed by atoms with Crippen LogP contribution in [0.2, 0.25) is 0 Å². The number of ether oxygens (including phenoxy) is 1. The van der Waals surface area contributed by atoms with Crippen molar-refractivity contribution in [3.8, 4) is 0 Å². The van der Waals surface area contributed by atoms with Crippen molar-refractivity contribution >= 4 is 20.2 Å². The van der Waals surface area contributed by atoms with Crippen molar-refractivity contribution in [2.75, 3.05) is 0 Å². The molecule has 0 heterocycles. The first-order valence-electron chi connectivity index (χ1n) is 10.1. The van der Waals surface area contributed by atoms with Crippen LogP contribution in [0.5, 0.6) is 0 Å². The summed E-state index contributed by atoms with van der Waals surface area (Å²) in [7, 11) is -0.364. The number of rotatable bonds is 5. The molecule has 0 N–H and O–H groups in total. The summed E-state index contributed by atoms with van der Waals surface area (Å²) in [4.78, 5) is 27.2. The van der Waals surface area contributed by atoms with E-state index in [0.29, 0.717) is 18.4 Å². The van der Waals surface area contributed by atoms with Gasteiger partial charge in [0.05, 0.1) is 5.41 Å². The Morgan fingerprint density at radius 3 is 1.89 bits per heavy atom. The number of carbonyl (C=O) groups is 2. The average molecular weight is 404 g/mol. The van der Waals surface area contributed by atoms with Crippen LogP contribution in [-0.2, 0) is 14.1 Å². The lowest BCUT2D eigenvalue weighted by Crippen LogP contribution is -2.55. The van der Waals surface area contributed by atoms with E-state index in [0.717, 1.165) is 36.0 Å². The Balaban J connectivity index is 2.65. The zero-order valence-electron chi connectivity index (χ0n) is 18.3. The Morgan fingerprint density at radius 2 is 1.46 bits per heavy atom. The van der Waals surface area contributed by atoms with Crippen LogP contribution < -0.4 is 0 Å². The first-order valence-corrected chi connectivity index (χ1v) is 10.9. The summed E-state index contributed by atoms with van der Waals surface area (Å²) in [5.74, 6) is -0.631. The number of benzene rings is 1. The van der Waals surface area contributed by atoms with E-state index in [9.17, 15) is 14.2 Å². The maximum atomic E-state index is 14.0. The van der Waals surface area contributed by atoms with Gasteiger partial charge in [-0.1, -0.05) is 37.0 Å². The molecule has 0 saturated heterocycles. The lowest BCUT2D eigenvalue weighted by atomic mass is 9.61. The van der Waals surface area contributed by atoms with E-state index in [1.807, 2.05) is 32.9 Å². The molecule has 1 atom stereocenters. The van der Waals surface area contributed by atoms with E-state index < -0.39 is 22.1 Å². The third kappa shape index (κ3) is 4.08. The molecular weight excluding hydrogens is 371 g/mol. The zero-order valence-corrected chi connectivity index (χ0v) is 19.2. The summed E-state index contributed by atoms with van der Waals surface area (Å²) in [6, 6.07) is 3.99. The molecule has 0 radical (unpaired) electrons. The van der Waals surface area contributed by atoms with E-state index in [4.69, 9.17) is 4.74 Å². The fourth-order valence-electron chi connectivity index (χ4n) is 4.57. The van der Waals surface area contributed by atoms with Crippen molar-refractivity contribution in [2.24, 2.45) is 5.41 Å². The molecule has 1 unspecified atom stereocenters. The molecule has 4 nitrogen and oxygen atoms in total. The molecule has 5 heteroatoms. The maximum Gasteiger partial charge on any atom is 0.325 e. The summed E-state index contributed by atoms with van der Waals surface area (Å²) in [5.41, 5.74) is 1.83. The molecular formula is C23H33O4P. The minimum absolute atomic E-state index is 0.0705. The molecule has 0 bridgehead atoms. The molecule has 1 saturated carbocycles. The quantitative estimate of drug-likeness (QED) is 0.336. The summed E-state index contributed by atoms with van der Waals surface area (Å²) in [6.07, 6.45) is 3.78. The number of hydrogen-bond donors (Lipinski definition) is 0. The maximum absolute atomic E-state index is 14.0. The first kappa shape index (κ1) is 22.7. The second-order valence-electron chi connectivity index (χ2n) is 9.41. The molecule has 0 amide bonds. The van der Waals surface area contributed by atoms with Gasteiger partial charge in [0.15, 0.2) is 19.4 Å². The van der Waals surface area contributed by atoms with Gasteiger partial charge in [0.25, 0.3) is 0 Å². The molecule has 1 aliphatic carbocycles. The summed E-state index contributed by atoms with van der Waals surface area (Å²) < 4.78 is 18.1. The second kappa shape index (κ2) is 8.06. The van der Waals surface area contributed by atoms with E-state index in [1.165, 1.54) is 0 Å². The van der Waals surface area contributed by atoms with Gasteiger partial charge in [-0.15, -0.1) is 0 Å². The molecule has 1 aromatic rings. The van der Waals surface area contributed by atoms with Crippen molar-refractivity contribution in [1.82, 2.24) is 0 Å². The van der Waals surface area contributed by atoms with Gasteiger partial charge in [-0.25, -0.2) is 0 Å². The van der Waals surface area contributed by atoms with E-state index >= 15 is 0 Å². The van der Waals surface area contributed by atoms with Crippen LogP contribution in [0.15, 0.2) is 12.1 Å². The van der Waals surface area contributed by atoms with Gasteiger partial charge in [0.2, 0.25) is 0 Å². The SMILES string of the molecule is Cc1cc(C)c(C(=O)C2(C(C)(P=O)C(=O)OC(C)(C)C)CCCCC2)c(C)c1. The Kier molecular flexibility index (Phi) is 6.55. The van der Waals surface area contributed by atoms with Crippen LogP contribution in [-0.4, -0.2) is 22.5 Å². The molecule has 154 valence electrons. The Bertz CT molecular complexity index is 761. The van der Waals surface area contributed by atoms with Crippen molar-refractivity contribution in [1.29, 1.82) is 0 Å². The van der Waals surface area contributed by atoms with Crippen LogP contribution in [0.4, 0.5) is 0 Å². The number of carbonyl (C=O) groups excluding carboxylic acids is 2. The highest BCUT2D eigenvalue weighted by atomic mass is 31.1. The average Bonchev–Trinajstić information content (AvgIpc) is 2.59. The van der Waals surface area contributed by atoms with Gasteiger partial charge in [-0.2, -0.15) is 0 Å². The van der Waals surface area contributed by atoms with E-state index in [1.54, 1.807) is 27.7 Å². The summed E-state index contributed by atoms with van der Waals surface area (Å²) in [5, 5.41) is -1.42. The minimum Gasteiger partial charge on any atom is -0.459 e. The topological polar surface area (TPSA) is 60.4 Å². The molecule has 1 fully saturated rings. The third-order valence-electron chi connectivity index (χ3n) is 5.96. The van der Waals surface area contributed by atoms with E-state index in [2.05, 4.69) is 0 Å². The predicted octanol–water partition coefficient (Wildman–Crippen LogP) is 6.14. The number of hydrogen-bond acceptors (Lipinski definition) is 4. The van der Waals surface area contributed by atoms with Gasteiger partial charge >= 0.3 is 5.97 Å². The normalized spacial score (nSPS) is 19.1. The van der Waals surface area contributed by atoms with Crippen LogP contribution >= 0.6 is 8.46 Å². The molecule has 0 aromatic heterocycles. The lowest BCUT2D eigenvalue weighted by molar-refractivity contribution is -0.161. The Hall–Kier alpha value is -1.54. The predicted molar refractivity (Wildman–Crippen MR) is 112 cm³/mol. The van der Waals surface area contributed by atoms with Gasteiger partial charge in [0.1, 0.15) is 5.60 Å². The highest BCUT2D eigenvalue weighted by Gasteiger charge is 2.60. The zero-order chi connectivity index (χ0) is 21.3. The molecule has 0 spiro atoms. The van der Waals surface area contributed by atoms with E-state index in [-0.39, 0.29) is 14.2 Å². The van der Waals surface area contributed by atoms with Crippen molar-refractivity contribution in [3.63, 3.8) is 0 Å². The van der Waals surface area contributed by atoms with Crippen molar-refractivity contribution in [3.05, 3.63) is 34.4 Å². The van der Waals surface area contributed by atoms with Crippen LogP contribution in [0.1, 0.15) is 86.8 Å². The molecule has 28 heavy (non-hydrogen) atoms. The Labute approximate surface area is 170 Å². The number of Topliss-reactive ketones (excluding diaryl/α,β-unsaturated/α-hetero) is 1. The van der Waals surface area contributed by atoms with Gasteiger partial charge in [-0.3, -0.25) is 14.2 Å². The van der Waals surface area contributed by atoms with Gasteiger partial charge in [-0.05, 0) is 72.4 Å². The van der Waals surface area contributed by atoms with Gasteiger partial charge < -0.3 is 4.74 Å². The largest absolute Gasteiger partial charge is 0.459 e. The van der Waals surface area contributed by atoms with Gasteiger partial charge in [0, 0.05) is 5.56 Å². The summed E-state index contributed by atoms with van der Waals surface area (Å²) >= 11 is 0. The molecule has 2 rings (SSSR count). The fraction of sp³-hybridized carbons (Fsp3) is 0.652. The van der Waals surface area contributed by atoms with Crippen LogP contribution in [0, 0.1) is 26.2 Å². The van der Waals surface area contributed by atoms with Crippen LogP contribution in [0.25, 0.3) is 0 Å². The Morgan fingerprint density at radius 1 is 0.964 bits per heavy atom. The standard InChI is InChI=1S/C23H33O4P/c1-15-13-16(2)18(17(3)14-15)19(24)23(11-9-8-10-12-23)22(7,28-26)20(25)27-21(4,5)6/h13-14H,8-12H2,1-7H3. The second-order valence-corrected chi connectivity index (χ2v) is 10.5. The third-order valence-corrected chi connectivity index (χ3v) is 6.93. The van der Waals surface area contributed by atoms with Crippen molar-refractivity contribution < 1.29 is 18.9 Å². The molecule has 1 aromatic carbocycles. The number of aryl methyl sites for hydroxylation is 3. The lowest BCUT2D eigenvalue weighted by Gasteiger charge is -2.45. The monoisotopic (exact) mass is 404 g/mol. The molecule has 1 aliphatic rings. The highest BCUT2D eigenvalue weighted by molar-refractivity contribution is 7.28. The summed E-state index contributed by atoms with van der Waals surface area (Å²) in [6.45, 7) is 12.9. The minimum atomic E-state index is -1.42. The molecule has 0 aliphatic heterocycles. The fourth-order valence-corrected chi connectivity index (χ4v) is 5.19. The van der Waals surface area contributed by atoms with Crippen molar-refractivity contribution in [2.45, 2.75) is 91.3 Å². The smallest absolute Gasteiger partial charge is 0.325 e. The first-order chi connectivity index (χ1) is 12.9. The number of esters is 1. The number of ketones is 1. The van der Waals surface area contributed by atoms with Crippen LogP contribution in [0.3, 0.4) is 0 Å². The highest BCUT2D eigenvalue weighted by Crippen LogP contribution is 2.54.